The van der Waals surface area contributed by atoms with Crippen LogP contribution in [-0.4, -0.2) is 28.7 Å². The molecule has 0 aromatic heterocycles. The molecule has 49 heavy (non-hydrogen) atoms. The molecule has 0 saturated carbocycles. The third kappa shape index (κ3) is 10.3. The largest absolute Gasteiger partial charge is 1.00 e. The van der Waals surface area contributed by atoms with Crippen molar-refractivity contribution in [3.05, 3.63) is 148 Å². The second-order valence-electron chi connectivity index (χ2n) is 13.0. The second kappa shape index (κ2) is 17.5. The Balaban J connectivity index is 0.00000541. The summed E-state index contributed by atoms with van der Waals surface area (Å²) in [6.45, 7) is 8.91. The summed E-state index contributed by atoms with van der Waals surface area (Å²) >= 11 is 6.66. The molecule has 0 aliphatic rings. The molecule has 5 nitrogen and oxygen atoms in total. The zero-order valence-corrected chi connectivity index (χ0v) is 32.3. The molecule has 8 heteroatoms. The van der Waals surface area contributed by atoms with Crippen molar-refractivity contribution in [1.29, 1.82) is 0 Å². The molecule has 0 heterocycles. The summed E-state index contributed by atoms with van der Waals surface area (Å²) in [6.07, 6.45) is 0.447. The Morgan fingerprint density at radius 2 is 1.33 bits per heavy atom. The molecule has 5 rings (SSSR count). The van der Waals surface area contributed by atoms with E-state index >= 15 is 0 Å². The normalized spacial score (nSPS) is 11.7. The number of benzene rings is 5. The van der Waals surface area contributed by atoms with E-state index in [2.05, 4.69) is 73.9 Å². The van der Waals surface area contributed by atoms with Gasteiger partial charge in [-0.3, -0.25) is 21.6 Å². The number of anilines is 1. The van der Waals surface area contributed by atoms with E-state index < -0.39 is 5.92 Å². The summed E-state index contributed by atoms with van der Waals surface area (Å²) in [6, 6.07) is 37.8. The van der Waals surface area contributed by atoms with Crippen molar-refractivity contribution < 1.29 is 43.7 Å². The molecule has 2 N–H and O–H groups in total. The first-order chi connectivity index (χ1) is 23.0. The molecular formula is C41H40ClN2NaO3S. The topological polar surface area (TPSA) is 81.3 Å². The van der Waals surface area contributed by atoms with Gasteiger partial charge in [-0.2, -0.15) is 0 Å². The number of carbonyl (C=O) groups excluding carboxylic acids is 2. The minimum absolute atomic E-state index is 0. The molecule has 5 aromatic rings. The standard InChI is InChI=1S/C41H41ClN2O3S.Na/c1-27-25-34(17-22-38(27)42)31-15-20-36(21-16-31)44-40(46)37(26-28-5-7-33(8-6-28)39(45)43-23-24-48-47)32-11-9-29(10-12-32)30-13-18-35(19-14-30)41(2,3)4;/h5-22,25,37,47H,23-24,26H2,1-4H3,(H,43,45)(H,44,46);/q;+1/p-1. The van der Waals surface area contributed by atoms with Crippen molar-refractivity contribution in [1.82, 2.24) is 5.32 Å². The number of aryl methyl sites for hydroxylation is 1. The van der Waals surface area contributed by atoms with E-state index in [4.69, 9.17) is 11.6 Å². The van der Waals surface area contributed by atoms with Crippen LogP contribution in [0.15, 0.2) is 115 Å². The SMILES string of the molecule is Cc1cc(-c2ccc(NC(=O)C(Cc3ccc(C(=O)NCCS[O-])cc3)c3ccc(-c4ccc(C(C)(C)C)cc4)cc3)cc2)ccc1Cl.[Na+]. The first kappa shape index (κ1) is 38.4. The Labute approximate surface area is 321 Å². The van der Waals surface area contributed by atoms with Gasteiger partial charge in [0, 0.05) is 22.8 Å². The summed E-state index contributed by atoms with van der Waals surface area (Å²) < 4.78 is 10.6. The zero-order chi connectivity index (χ0) is 34.3. The van der Waals surface area contributed by atoms with Crippen LogP contribution in [0.4, 0.5) is 5.69 Å². The van der Waals surface area contributed by atoms with Gasteiger partial charge in [0.2, 0.25) is 5.91 Å². The predicted molar refractivity (Wildman–Crippen MR) is 199 cm³/mol. The fourth-order valence-corrected chi connectivity index (χ4v) is 5.87. The molecule has 0 spiro atoms. The van der Waals surface area contributed by atoms with Crippen molar-refractivity contribution in [2.45, 2.75) is 45.4 Å². The van der Waals surface area contributed by atoms with Crippen molar-refractivity contribution in [2.24, 2.45) is 0 Å². The summed E-state index contributed by atoms with van der Waals surface area (Å²) in [7, 11) is 0. The van der Waals surface area contributed by atoms with Crippen LogP contribution in [0.2, 0.25) is 5.02 Å². The van der Waals surface area contributed by atoms with Crippen molar-refractivity contribution in [3.63, 3.8) is 0 Å². The third-order valence-corrected chi connectivity index (χ3v) is 9.28. The van der Waals surface area contributed by atoms with Crippen LogP contribution in [0.1, 0.15) is 59.3 Å². The molecule has 0 aliphatic heterocycles. The van der Waals surface area contributed by atoms with Crippen LogP contribution < -0.4 is 40.2 Å². The summed E-state index contributed by atoms with van der Waals surface area (Å²) in [5.41, 5.74) is 9.70. The first-order valence-corrected chi connectivity index (χ1v) is 17.3. The molecule has 246 valence electrons. The van der Waals surface area contributed by atoms with Gasteiger partial charge in [-0.1, -0.05) is 111 Å². The van der Waals surface area contributed by atoms with E-state index in [1.54, 1.807) is 12.1 Å². The second-order valence-corrected chi connectivity index (χ2v) is 14.1. The van der Waals surface area contributed by atoms with Gasteiger partial charge in [0.05, 0.1) is 5.92 Å². The maximum atomic E-state index is 13.9. The minimum atomic E-state index is -0.477. The third-order valence-electron chi connectivity index (χ3n) is 8.48. The molecule has 1 unspecified atom stereocenters. The van der Waals surface area contributed by atoms with Crippen LogP contribution in [-0.2, 0) is 16.6 Å². The molecule has 2 amide bonds. The Morgan fingerprint density at radius 3 is 1.90 bits per heavy atom. The number of amides is 2. The molecule has 0 radical (unpaired) electrons. The average Bonchev–Trinajstić information content (AvgIpc) is 3.09. The van der Waals surface area contributed by atoms with Gasteiger partial charge in [-0.25, -0.2) is 0 Å². The summed E-state index contributed by atoms with van der Waals surface area (Å²) in [4.78, 5) is 26.4. The van der Waals surface area contributed by atoms with Crippen LogP contribution in [0.3, 0.4) is 0 Å². The van der Waals surface area contributed by atoms with Crippen LogP contribution in [0.25, 0.3) is 22.3 Å². The molecular weight excluding hydrogens is 659 g/mol. The van der Waals surface area contributed by atoms with E-state index in [9.17, 15) is 14.1 Å². The van der Waals surface area contributed by atoms with Crippen molar-refractivity contribution in [3.8, 4) is 22.3 Å². The van der Waals surface area contributed by atoms with E-state index in [1.165, 1.54) is 5.56 Å². The maximum Gasteiger partial charge on any atom is 1.00 e. The van der Waals surface area contributed by atoms with E-state index in [0.717, 1.165) is 44.0 Å². The quantitative estimate of drug-likeness (QED) is 0.0900. The van der Waals surface area contributed by atoms with Gasteiger partial charge in [-0.15, -0.1) is 0 Å². The van der Waals surface area contributed by atoms with Crippen LogP contribution in [0, 0.1) is 6.92 Å². The van der Waals surface area contributed by atoms with Gasteiger partial charge in [0.25, 0.3) is 5.91 Å². The minimum Gasteiger partial charge on any atom is -0.799 e. The monoisotopic (exact) mass is 698 g/mol. The molecule has 0 bridgehead atoms. The van der Waals surface area contributed by atoms with Gasteiger partial charge in [0.15, 0.2) is 0 Å². The molecule has 0 aliphatic carbocycles. The van der Waals surface area contributed by atoms with Gasteiger partial charge in [0.1, 0.15) is 0 Å². The van der Waals surface area contributed by atoms with E-state index in [-0.39, 0.29) is 46.8 Å². The van der Waals surface area contributed by atoms with E-state index in [1.807, 2.05) is 67.6 Å². The van der Waals surface area contributed by atoms with Crippen molar-refractivity contribution >= 4 is 41.1 Å². The first-order valence-electron chi connectivity index (χ1n) is 16.0. The summed E-state index contributed by atoms with van der Waals surface area (Å²) in [5, 5.41) is 6.61. The smallest absolute Gasteiger partial charge is 0.799 e. The fraction of sp³-hybridized carbons (Fsp3) is 0.220. The molecule has 0 saturated heterocycles. The summed E-state index contributed by atoms with van der Waals surface area (Å²) in [5.74, 6) is -0.516. The van der Waals surface area contributed by atoms with Gasteiger partial charge in [-0.05, 0) is 105 Å². The number of nitrogens with one attached hydrogen (secondary N) is 2. The molecule has 1 atom stereocenters. The number of hydrogen-bond donors (Lipinski definition) is 2. The van der Waals surface area contributed by atoms with Gasteiger partial charge < -0.3 is 15.2 Å². The zero-order valence-electron chi connectivity index (χ0n) is 28.7. The predicted octanol–water partition coefficient (Wildman–Crippen LogP) is 6.84. The number of rotatable bonds is 11. The Bertz CT molecular complexity index is 1850. The molecule has 5 aromatic carbocycles. The number of carbonyl (C=O) groups is 2. The van der Waals surface area contributed by atoms with Crippen LogP contribution >= 0.6 is 23.6 Å². The Morgan fingerprint density at radius 1 is 0.776 bits per heavy atom. The maximum absolute atomic E-state index is 13.9. The fourth-order valence-electron chi connectivity index (χ4n) is 5.57. The Hall–Kier alpha value is -3.36. The van der Waals surface area contributed by atoms with E-state index in [0.29, 0.717) is 42.0 Å². The van der Waals surface area contributed by atoms with Crippen LogP contribution in [0.5, 0.6) is 0 Å². The van der Waals surface area contributed by atoms with Crippen molar-refractivity contribution in [2.75, 3.05) is 17.6 Å². The average molecular weight is 699 g/mol. The number of hydrogen-bond acceptors (Lipinski definition) is 4. The Kier molecular flexibility index (Phi) is 13.8. The molecule has 0 fully saturated rings. The number of halogens is 1. The van der Waals surface area contributed by atoms with Gasteiger partial charge >= 0.3 is 29.6 Å².